The minimum Gasteiger partial charge on any atom is -0.369 e. The van der Waals surface area contributed by atoms with Crippen LogP contribution in [0.5, 0.6) is 0 Å². The van der Waals surface area contributed by atoms with Crippen molar-refractivity contribution in [3.05, 3.63) is 57.4 Å². The van der Waals surface area contributed by atoms with E-state index in [1.807, 2.05) is 0 Å². The van der Waals surface area contributed by atoms with E-state index in [0.29, 0.717) is 5.02 Å². The van der Waals surface area contributed by atoms with Crippen LogP contribution in [0.15, 0.2) is 41.0 Å². The lowest BCUT2D eigenvalue weighted by atomic mass is 10.1. The van der Waals surface area contributed by atoms with Crippen LogP contribution in [0.1, 0.15) is 5.56 Å². The normalized spacial score (nSPS) is 10.4. The molecule has 0 saturated heterocycles. The highest BCUT2D eigenvalue weighted by Crippen LogP contribution is 2.22. The molecule has 0 spiro atoms. The molecule has 18 heavy (non-hydrogen) atoms. The third-order valence-corrected chi connectivity index (χ3v) is 3.24. The van der Waals surface area contributed by atoms with Crippen LogP contribution in [-0.2, 0) is 6.42 Å². The molecule has 0 fully saturated rings. The molecule has 5 heteroatoms. The van der Waals surface area contributed by atoms with Crippen molar-refractivity contribution in [2.75, 3.05) is 11.9 Å². The maximum atomic E-state index is 12.7. The van der Waals surface area contributed by atoms with Crippen LogP contribution in [-0.4, -0.2) is 11.5 Å². The summed E-state index contributed by atoms with van der Waals surface area (Å²) in [7, 11) is 0. The summed E-state index contributed by atoms with van der Waals surface area (Å²) in [5, 5.41) is 3.78. The van der Waals surface area contributed by atoms with Crippen molar-refractivity contribution in [3.8, 4) is 0 Å². The quantitative estimate of drug-likeness (QED) is 0.905. The van der Waals surface area contributed by atoms with Crippen LogP contribution < -0.4 is 5.32 Å². The first-order chi connectivity index (χ1) is 8.65. The molecule has 1 N–H and O–H groups in total. The fourth-order valence-corrected chi connectivity index (χ4v) is 2.30. The molecule has 0 unspecified atom stereocenters. The lowest BCUT2D eigenvalue weighted by Crippen LogP contribution is -2.06. The van der Waals surface area contributed by atoms with Crippen LogP contribution in [0, 0.1) is 5.82 Å². The number of halogens is 3. The van der Waals surface area contributed by atoms with Crippen LogP contribution in [0.4, 0.5) is 10.2 Å². The zero-order valence-corrected chi connectivity index (χ0v) is 11.8. The highest BCUT2D eigenvalue weighted by molar-refractivity contribution is 9.10. The third kappa shape index (κ3) is 3.68. The summed E-state index contributed by atoms with van der Waals surface area (Å²) in [5.41, 5.74) is 1.08. The lowest BCUT2D eigenvalue weighted by molar-refractivity contribution is 0.627. The van der Waals surface area contributed by atoms with Gasteiger partial charge in [-0.05, 0) is 46.1 Å². The molecular formula is C13H11BrClFN2. The second-order valence-corrected chi connectivity index (χ2v) is 5.08. The van der Waals surface area contributed by atoms with E-state index in [2.05, 4.69) is 26.2 Å². The average molecular weight is 330 g/mol. The van der Waals surface area contributed by atoms with E-state index in [-0.39, 0.29) is 5.82 Å². The number of benzene rings is 1. The largest absolute Gasteiger partial charge is 0.369 e. The van der Waals surface area contributed by atoms with Crippen LogP contribution in [0.3, 0.4) is 0 Å². The molecule has 1 aromatic carbocycles. The number of nitrogens with one attached hydrogen (secondary N) is 1. The van der Waals surface area contributed by atoms with Gasteiger partial charge in [-0.3, -0.25) is 0 Å². The number of aromatic nitrogens is 1. The SMILES string of the molecule is Fc1ccc(CCNc2ncc(Cl)cc2Br)cc1. The minimum atomic E-state index is -0.214. The first-order valence-electron chi connectivity index (χ1n) is 5.44. The number of pyridine rings is 1. The third-order valence-electron chi connectivity index (χ3n) is 2.43. The van der Waals surface area contributed by atoms with Gasteiger partial charge >= 0.3 is 0 Å². The van der Waals surface area contributed by atoms with E-state index >= 15 is 0 Å². The first-order valence-corrected chi connectivity index (χ1v) is 6.61. The number of hydrogen-bond donors (Lipinski definition) is 1. The molecule has 2 nitrogen and oxygen atoms in total. The number of anilines is 1. The average Bonchev–Trinajstić information content (AvgIpc) is 2.34. The van der Waals surface area contributed by atoms with Gasteiger partial charge in [0.1, 0.15) is 11.6 Å². The summed E-state index contributed by atoms with van der Waals surface area (Å²) in [5.74, 6) is 0.537. The lowest BCUT2D eigenvalue weighted by Gasteiger charge is -2.07. The fraction of sp³-hybridized carbons (Fsp3) is 0.154. The van der Waals surface area contributed by atoms with Gasteiger partial charge in [-0.25, -0.2) is 9.37 Å². The van der Waals surface area contributed by atoms with Gasteiger partial charge in [0.2, 0.25) is 0 Å². The van der Waals surface area contributed by atoms with Gasteiger partial charge in [0.25, 0.3) is 0 Å². The molecule has 0 aliphatic heterocycles. The molecule has 0 saturated carbocycles. The summed E-state index contributed by atoms with van der Waals surface area (Å²) >= 11 is 9.19. The Balaban J connectivity index is 1.90. The molecule has 94 valence electrons. The summed E-state index contributed by atoms with van der Waals surface area (Å²) < 4.78 is 13.5. The van der Waals surface area contributed by atoms with E-state index in [9.17, 15) is 4.39 Å². The summed E-state index contributed by atoms with van der Waals surface area (Å²) in [6.45, 7) is 0.721. The van der Waals surface area contributed by atoms with Gasteiger partial charge in [0.15, 0.2) is 0 Å². The molecule has 0 radical (unpaired) electrons. The molecule has 0 amide bonds. The molecule has 0 aliphatic carbocycles. The van der Waals surface area contributed by atoms with Crippen molar-refractivity contribution in [2.45, 2.75) is 6.42 Å². The molecule has 2 rings (SSSR count). The topological polar surface area (TPSA) is 24.9 Å². The summed E-state index contributed by atoms with van der Waals surface area (Å²) in [6, 6.07) is 8.27. The Bertz CT molecular complexity index is 531. The van der Waals surface area contributed by atoms with Crippen molar-refractivity contribution in [1.29, 1.82) is 0 Å². The van der Waals surface area contributed by atoms with Crippen molar-refractivity contribution in [2.24, 2.45) is 0 Å². The van der Waals surface area contributed by atoms with Crippen LogP contribution >= 0.6 is 27.5 Å². The fourth-order valence-electron chi connectivity index (χ4n) is 1.52. The van der Waals surface area contributed by atoms with Gasteiger partial charge in [0, 0.05) is 12.7 Å². The van der Waals surface area contributed by atoms with Crippen LogP contribution in [0.25, 0.3) is 0 Å². The maximum absolute atomic E-state index is 12.7. The monoisotopic (exact) mass is 328 g/mol. The highest BCUT2D eigenvalue weighted by Gasteiger charge is 2.01. The van der Waals surface area contributed by atoms with E-state index in [4.69, 9.17) is 11.6 Å². The number of hydrogen-bond acceptors (Lipinski definition) is 2. The Morgan fingerprint density at radius 1 is 1.28 bits per heavy atom. The van der Waals surface area contributed by atoms with E-state index in [1.165, 1.54) is 12.1 Å². The second-order valence-electron chi connectivity index (χ2n) is 3.79. The molecule has 0 atom stereocenters. The van der Waals surface area contributed by atoms with E-state index in [0.717, 1.165) is 28.8 Å². The van der Waals surface area contributed by atoms with Gasteiger partial charge in [0.05, 0.1) is 9.50 Å². The smallest absolute Gasteiger partial charge is 0.140 e. The maximum Gasteiger partial charge on any atom is 0.140 e. The first kappa shape index (κ1) is 13.3. The van der Waals surface area contributed by atoms with Gasteiger partial charge in [-0.1, -0.05) is 23.7 Å². The standard InChI is InChI=1S/C13H11BrClFN2/c14-12-7-10(15)8-18-13(12)17-6-5-9-1-3-11(16)4-2-9/h1-4,7-8H,5-6H2,(H,17,18). The molecule has 0 aliphatic rings. The van der Waals surface area contributed by atoms with Gasteiger partial charge in [-0.2, -0.15) is 0 Å². The van der Waals surface area contributed by atoms with Crippen molar-refractivity contribution in [1.82, 2.24) is 4.98 Å². The Labute approximate surface area is 118 Å². The second kappa shape index (κ2) is 6.16. The summed E-state index contributed by atoms with van der Waals surface area (Å²) in [6.07, 6.45) is 2.39. The number of rotatable bonds is 4. The molecule has 1 heterocycles. The Kier molecular flexibility index (Phi) is 4.55. The predicted molar refractivity (Wildman–Crippen MR) is 75.5 cm³/mol. The van der Waals surface area contributed by atoms with Crippen molar-refractivity contribution in [3.63, 3.8) is 0 Å². The zero-order valence-electron chi connectivity index (χ0n) is 9.46. The predicted octanol–water partition coefficient (Wildman–Crippen LogP) is 4.29. The van der Waals surface area contributed by atoms with Crippen molar-refractivity contribution < 1.29 is 4.39 Å². The highest BCUT2D eigenvalue weighted by atomic mass is 79.9. The van der Waals surface area contributed by atoms with Crippen molar-refractivity contribution >= 4 is 33.3 Å². The van der Waals surface area contributed by atoms with E-state index in [1.54, 1.807) is 24.4 Å². The zero-order chi connectivity index (χ0) is 13.0. The Morgan fingerprint density at radius 2 is 2.00 bits per heavy atom. The van der Waals surface area contributed by atoms with Gasteiger partial charge in [-0.15, -0.1) is 0 Å². The van der Waals surface area contributed by atoms with E-state index < -0.39 is 0 Å². The summed E-state index contributed by atoms with van der Waals surface area (Å²) in [4.78, 5) is 4.17. The molecular weight excluding hydrogens is 319 g/mol. The van der Waals surface area contributed by atoms with Crippen LogP contribution in [0.2, 0.25) is 5.02 Å². The number of nitrogens with zero attached hydrogens (tertiary/aromatic N) is 1. The Morgan fingerprint density at radius 3 is 2.67 bits per heavy atom. The molecule has 2 aromatic rings. The minimum absolute atomic E-state index is 0.214. The Hall–Kier alpha value is -1.13. The molecule has 0 bridgehead atoms. The molecule has 1 aromatic heterocycles. The van der Waals surface area contributed by atoms with Gasteiger partial charge < -0.3 is 5.32 Å².